The van der Waals surface area contributed by atoms with Crippen molar-refractivity contribution >= 4 is 23.2 Å². The molecule has 0 radical (unpaired) electrons. The van der Waals surface area contributed by atoms with Crippen LogP contribution < -0.4 is 15.4 Å². The molecule has 2 aromatic rings. The second-order valence-corrected chi connectivity index (χ2v) is 5.62. The van der Waals surface area contributed by atoms with E-state index in [-0.39, 0.29) is 6.10 Å². The summed E-state index contributed by atoms with van der Waals surface area (Å²) in [5.41, 5.74) is 2.21. The van der Waals surface area contributed by atoms with Crippen LogP contribution in [0.5, 0.6) is 5.75 Å². The number of para-hydroxylation sites is 2. The fraction of sp³-hybridized carbons (Fsp3) is 0.263. The highest BCUT2D eigenvalue weighted by Crippen LogP contribution is 2.24. The van der Waals surface area contributed by atoms with Crippen LogP contribution in [0.2, 0.25) is 0 Å². The van der Waals surface area contributed by atoms with E-state index in [1.165, 1.54) is 0 Å². The van der Waals surface area contributed by atoms with Crippen LogP contribution in [0.4, 0.5) is 11.4 Å². The number of nitrogens with one attached hydrogen (secondary N) is 2. The SMILES string of the molecule is CCc1ccc(NC(=O)C(=O)Nc2ccccc2OC(C)C)cc1. The molecule has 126 valence electrons. The molecule has 0 saturated heterocycles. The smallest absolute Gasteiger partial charge is 0.314 e. The number of amides is 2. The average molecular weight is 326 g/mol. The van der Waals surface area contributed by atoms with Gasteiger partial charge in [0, 0.05) is 5.69 Å². The maximum absolute atomic E-state index is 12.1. The summed E-state index contributed by atoms with van der Waals surface area (Å²) >= 11 is 0. The van der Waals surface area contributed by atoms with E-state index >= 15 is 0 Å². The maximum Gasteiger partial charge on any atom is 0.314 e. The number of ether oxygens (including phenoxy) is 1. The van der Waals surface area contributed by atoms with Gasteiger partial charge >= 0.3 is 11.8 Å². The first-order valence-electron chi connectivity index (χ1n) is 7.96. The van der Waals surface area contributed by atoms with Crippen LogP contribution in [0.25, 0.3) is 0 Å². The van der Waals surface area contributed by atoms with E-state index in [2.05, 4.69) is 17.6 Å². The van der Waals surface area contributed by atoms with Gasteiger partial charge in [0.2, 0.25) is 0 Å². The number of rotatable bonds is 5. The Labute approximate surface area is 142 Å². The molecule has 0 aliphatic rings. The van der Waals surface area contributed by atoms with Gasteiger partial charge in [0.1, 0.15) is 5.75 Å². The van der Waals surface area contributed by atoms with Gasteiger partial charge in [-0.1, -0.05) is 31.2 Å². The van der Waals surface area contributed by atoms with Crippen molar-refractivity contribution in [2.75, 3.05) is 10.6 Å². The molecule has 0 aliphatic heterocycles. The molecule has 2 N–H and O–H groups in total. The summed E-state index contributed by atoms with van der Waals surface area (Å²) < 4.78 is 5.62. The second-order valence-electron chi connectivity index (χ2n) is 5.62. The number of hydrogen-bond acceptors (Lipinski definition) is 3. The van der Waals surface area contributed by atoms with Crippen molar-refractivity contribution in [2.45, 2.75) is 33.3 Å². The lowest BCUT2D eigenvalue weighted by atomic mass is 10.1. The molecule has 0 bridgehead atoms. The van der Waals surface area contributed by atoms with E-state index in [1.54, 1.807) is 30.3 Å². The van der Waals surface area contributed by atoms with Crippen molar-refractivity contribution < 1.29 is 14.3 Å². The van der Waals surface area contributed by atoms with Crippen LogP contribution in [-0.4, -0.2) is 17.9 Å². The Morgan fingerprint density at radius 3 is 2.21 bits per heavy atom. The lowest BCUT2D eigenvalue weighted by Crippen LogP contribution is -2.29. The van der Waals surface area contributed by atoms with E-state index in [0.29, 0.717) is 17.1 Å². The van der Waals surface area contributed by atoms with Gasteiger partial charge in [-0.05, 0) is 50.1 Å². The van der Waals surface area contributed by atoms with Gasteiger partial charge in [0.05, 0.1) is 11.8 Å². The molecule has 0 atom stereocenters. The van der Waals surface area contributed by atoms with Crippen molar-refractivity contribution in [1.29, 1.82) is 0 Å². The molecule has 5 nitrogen and oxygen atoms in total. The van der Waals surface area contributed by atoms with Crippen molar-refractivity contribution in [3.05, 3.63) is 54.1 Å². The summed E-state index contributed by atoms with van der Waals surface area (Å²) in [4.78, 5) is 24.1. The van der Waals surface area contributed by atoms with Gasteiger partial charge in [-0.15, -0.1) is 0 Å². The first-order chi connectivity index (χ1) is 11.5. The Hall–Kier alpha value is -2.82. The molecular formula is C19H22N2O3. The molecule has 2 amide bonds. The highest BCUT2D eigenvalue weighted by Gasteiger charge is 2.16. The minimum atomic E-state index is -0.741. The van der Waals surface area contributed by atoms with Crippen LogP contribution in [0.15, 0.2) is 48.5 Å². The van der Waals surface area contributed by atoms with Gasteiger partial charge in [-0.25, -0.2) is 0 Å². The van der Waals surface area contributed by atoms with Crippen molar-refractivity contribution in [3.63, 3.8) is 0 Å². The number of hydrogen-bond donors (Lipinski definition) is 2. The Balaban J connectivity index is 2.02. The van der Waals surface area contributed by atoms with Crippen molar-refractivity contribution in [3.8, 4) is 5.75 Å². The minimum absolute atomic E-state index is 0.0334. The molecule has 0 fully saturated rings. The molecule has 0 heterocycles. The summed E-state index contributed by atoms with van der Waals surface area (Å²) in [6.07, 6.45) is 0.885. The third kappa shape index (κ3) is 4.84. The molecule has 0 aromatic heterocycles. The molecule has 0 aliphatic carbocycles. The predicted octanol–water partition coefficient (Wildman–Crippen LogP) is 3.61. The zero-order chi connectivity index (χ0) is 17.5. The molecule has 2 aromatic carbocycles. The van der Waals surface area contributed by atoms with Crippen LogP contribution >= 0.6 is 0 Å². The highest BCUT2D eigenvalue weighted by atomic mass is 16.5. The summed E-state index contributed by atoms with van der Waals surface area (Å²) in [5, 5.41) is 5.16. The number of aryl methyl sites for hydroxylation is 1. The third-order valence-electron chi connectivity index (χ3n) is 3.32. The van der Waals surface area contributed by atoms with Gasteiger partial charge in [-0.3, -0.25) is 9.59 Å². The Kier molecular flexibility index (Phi) is 5.95. The van der Waals surface area contributed by atoms with E-state index in [4.69, 9.17) is 4.74 Å². The van der Waals surface area contributed by atoms with Crippen LogP contribution in [0.3, 0.4) is 0 Å². The highest BCUT2D eigenvalue weighted by molar-refractivity contribution is 6.43. The molecule has 0 saturated carbocycles. The third-order valence-corrected chi connectivity index (χ3v) is 3.32. The summed E-state index contributed by atoms with van der Waals surface area (Å²) in [5.74, 6) is -0.936. The van der Waals surface area contributed by atoms with Crippen LogP contribution in [0.1, 0.15) is 26.3 Å². The molecule has 0 spiro atoms. The van der Waals surface area contributed by atoms with Gasteiger partial charge in [0.25, 0.3) is 0 Å². The first kappa shape index (κ1) is 17.5. The van der Waals surface area contributed by atoms with Crippen LogP contribution in [0, 0.1) is 0 Å². The molecule has 2 rings (SSSR count). The molecule has 0 unspecified atom stereocenters. The van der Waals surface area contributed by atoms with Gasteiger partial charge < -0.3 is 15.4 Å². The standard InChI is InChI=1S/C19H22N2O3/c1-4-14-9-11-15(12-10-14)20-18(22)19(23)21-16-7-5-6-8-17(16)24-13(2)3/h5-13H,4H2,1-3H3,(H,20,22)(H,21,23). The van der Waals surface area contributed by atoms with Crippen LogP contribution in [-0.2, 0) is 16.0 Å². The first-order valence-corrected chi connectivity index (χ1v) is 7.96. The van der Waals surface area contributed by atoms with Crippen molar-refractivity contribution in [2.24, 2.45) is 0 Å². The lowest BCUT2D eigenvalue weighted by Gasteiger charge is -2.14. The van der Waals surface area contributed by atoms with Crippen molar-refractivity contribution in [1.82, 2.24) is 0 Å². The Morgan fingerprint density at radius 2 is 1.58 bits per heavy atom. The van der Waals surface area contributed by atoms with E-state index in [1.807, 2.05) is 32.0 Å². The maximum atomic E-state index is 12.1. The van der Waals surface area contributed by atoms with Gasteiger partial charge in [0.15, 0.2) is 0 Å². The predicted molar refractivity (Wildman–Crippen MR) is 95.3 cm³/mol. The normalized spacial score (nSPS) is 10.3. The monoisotopic (exact) mass is 326 g/mol. The topological polar surface area (TPSA) is 67.4 Å². The molecular weight excluding hydrogens is 304 g/mol. The Bertz CT molecular complexity index is 709. The average Bonchev–Trinajstić information content (AvgIpc) is 2.56. The zero-order valence-corrected chi connectivity index (χ0v) is 14.1. The summed E-state index contributed by atoms with van der Waals surface area (Å²) in [7, 11) is 0. The minimum Gasteiger partial charge on any atom is -0.489 e. The Morgan fingerprint density at radius 1 is 0.958 bits per heavy atom. The fourth-order valence-corrected chi connectivity index (χ4v) is 2.12. The fourth-order valence-electron chi connectivity index (χ4n) is 2.12. The molecule has 24 heavy (non-hydrogen) atoms. The largest absolute Gasteiger partial charge is 0.489 e. The molecule has 5 heteroatoms. The number of anilines is 2. The van der Waals surface area contributed by atoms with E-state index in [9.17, 15) is 9.59 Å². The quantitative estimate of drug-likeness (QED) is 0.825. The zero-order valence-electron chi connectivity index (χ0n) is 14.1. The summed E-state index contributed by atoms with van der Waals surface area (Å²) in [6.45, 7) is 5.84. The summed E-state index contributed by atoms with van der Waals surface area (Å²) in [6, 6.07) is 14.4. The number of benzene rings is 2. The van der Waals surface area contributed by atoms with E-state index < -0.39 is 11.8 Å². The second kappa shape index (κ2) is 8.15. The lowest BCUT2D eigenvalue weighted by molar-refractivity contribution is -0.133. The number of carbonyl (C=O) groups excluding carboxylic acids is 2. The van der Waals surface area contributed by atoms with E-state index in [0.717, 1.165) is 12.0 Å². The van der Waals surface area contributed by atoms with Gasteiger partial charge in [-0.2, -0.15) is 0 Å². The number of carbonyl (C=O) groups is 2.